The van der Waals surface area contributed by atoms with Crippen molar-refractivity contribution < 1.29 is 9.59 Å². The molecular formula is C21H23N5O2S. The summed E-state index contributed by atoms with van der Waals surface area (Å²) in [7, 11) is 0. The summed E-state index contributed by atoms with van der Waals surface area (Å²) >= 11 is 1.25. The number of nitrogens with two attached hydrogens (primary N) is 1. The van der Waals surface area contributed by atoms with Crippen LogP contribution in [0.15, 0.2) is 65.8 Å². The van der Waals surface area contributed by atoms with E-state index >= 15 is 0 Å². The number of para-hydroxylation sites is 1. The fourth-order valence-electron chi connectivity index (χ4n) is 2.75. The monoisotopic (exact) mass is 409 g/mol. The molecule has 1 heterocycles. The van der Waals surface area contributed by atoms with Crippen molar-refractivity contribution in [3.05, 3.63) is 60.7 Å². The predicted molar refractivity (Wildman–Crippen MR) is 114 cm³/mol. The van der Waals surface area contributed by atoms with E-state index in [4.69, 9.17) is 5.73 Å². The first-order chi connectivity index (χ1) is 13.9. The summed E-state index contributed by atoms with van der Waals surface area (Å²) in [6.07, 6.45) is 0.414. The first-order valence-corrected chi connectivity index (χ1v) is 10.2. The molecule has 0 radical (unpaired) electrons. The van der Waals surface area contributed by atoms with Crippen LogP contribution in [0.3, 0.4) is 0 Å². The summed E-state index contributed by atoms with van der Waals surface area (Å²) in [5, 5.41) is 11.9. The average molecular weight is 410 g/mol. The Morgan fingerprint density at radius 2 is 1.69 bits per heavy atom. The first kappa shape index (κ1) is 20.6. The third-order valence-corrected chi connectivity index (χ3v) is 5.61. The van der Waals surface area contributed by atoms with Gasteiger partial charge in [-0.05, 0) is 25.5 Å². The third kappa shape index (κ3) is 4.65. The molecular weight excluding hydrogens is 386 g/mol. The lowest BCUT2D eigenvalue weighted by molar-refractivity contribution is -0.129. The first-order valence-electron chi connectivity index (χ1n) is 9.24. The lowest BCUT2D eigenvalue weighted by Gasteiger charge is -2.25. The normalized spacial score (nSPS) is 12.9. The van der Waals surface area contributed by atoms with Crippen LogP contribution in [0, 0.1) is 0 Å². The van der Waals surface area contributed by atoms with Gasteiger partial charge in [0.25, 0.3) is 0 Å². The van der Waals surface area contributed by atoms with Crippen LogP contribution >= 0.6 is 11.8 Å². The highest BCUT2D eigenvalue weighted by molar-refractivity contribution is 7.99. The molecule has 1 aromatic heterocycles. The predicted octanol–water partition coefficient (Wildman–Crippen LogP) is 2.80. The van der Waals surface area contributed by atoms with Gasteiger partial charge in [-0.2, -0.15) is 0 Å². The number of hydrogen-bond acceptors (Lipinski definition) is 5. The van der Waals surface area contributed by atoms with Crippen molar-refractivity contribution in [1.29, 1.82) is 0 Å². The van der Waals surface area contributed by atoms with Crippen molar-refractivity contribution in [2.75, 3.05) is 5.75 Å². The number of nitrogens with zero attached hydrogens (tertiary/aromatic N) is 3. The number of nitrogens with one attached hydrogen (secondary N) is 1. The number of primary amides is 1. The molecule has 0 aliphatic rings. The molecule has 3 rings (SSSR count). The number of aromatic nitrogens is 3. The molecule has 0 saturated carbocycles. The zero-order chi connectivity index (χ0) is 20.9. The van der Waals surface area contributed by atoms with Gasteiger partial charge in [0.2, 0.25) is 11.8 Å². The Kier molecular flexibility index (Phi) is 6.33. The highest BCUT2D eigenvalue weighted by atomic mass is 32.2. The maximum atomic E-state index is 12.4. The van der Waals surface area contributed by atoms with Crippen molar-refractivity contribution >= 4 is 23.6 Å². The molecule has 0 unspecified atom stereocenters. The minimum Gasteiger partial charge on any atom is -0.368 e. The van der Waals surface area contributed by atoms with Gasteiger partial charge in [-0.15, -0.1) is 10.2 Å². The van der Waals surface area contributed by atoms with Crippen LogP contribution in [0.4, 0.5) is 0 Å². The quantitative estimate of drug-likeness (QED) is 0.557. The van der Waals surface area contributed by atoms with Gasteiger partial charge in [-0.3, -0.25) is 14.2 Å². The molecule has 1 atom stereocenters. The van der Waals surface area contributed by atoms with E-state index in [1.807, 2.05) is 65.2 Å². The summed E-state index contributed by atoms with van der Waals surface area (Å²) in [6.45, 7) is 3.42. The van der Waals surface area contributed by atoms with Crippen LogP contribution in [-0.4, -0.2) is 37.9 Å². The van der Waals surface area contributed by atoms with E-state index in [2.05, 4.69) is 15.5 Å². The molecule has 150 valence electrons. The second kappa shape index (κ2) is 8.91. The fraction of sp³-hybridized carbons (Fsp3) is 0.238. The second-order valence-electron chi connectivity index (χ2n) is 6.73. The zero-order valence-corrected chi connectivity index (χ0v) is 17.1. The van der Waals surface area contributed by atoms with Gasteiger partial charge in [0, 0.05) is 11.3 Å². The number of carbonyl (C=O) groups is 2. The highest BCUT2D eigenvalue weighted by Gasteiger charge is 2.30. The molecule has 3 N–H and O–H groups in total. The number of carbonyl (C=O) groups excluding carboxylic acids is 2. The zero-order valence-electron chi connectivity index (χ0n) is 16.3. The van der Waals surface area contributed by atoms with Gasteiger partial charge >= 0.3 is 0 Å². The largest absolute Gasteiger partial charge is 0.368 e. The standard InChI is InChI=1S/C21H23N5O2S/c1-3-21(2,19(22)28)23-17(27)14-29-20-25-24-18(15-10-6-4-7-11-15)26(20)16-12-8-5-9-13-16/h4-13H,3,14H2,1-2H3,(H2,22,28)(H,23,27)/t21-/m1/s1. The van der Waals surface area contributed by atoms with Crippen molar-refractivity contribution in [2.45, 2.75) is 31.0 Å². The van der Waals surface area contributed by atoms with Crippen LogP contribution in [0.1, 0.15) is 20.3 Å². The van der Waals surface area contributed by atoms with Crippen LogP contribution in [0.2, 0.25) is 0 Å². The summed E-state index contributed by atoms with van der Waals surface area (Å²) in [5.41, 5.74) is 6.17. The molecule has 0 bridgehead atoms. The maximum Gasteiger partial charge on any atom is 0.242 e. The number of benzene rings is 2. The Morgan fingerprint density at radius 3 is 2.28 bits per heavy atom. The van der Waals surface area contributed by atoms with E-state index in [1.54, 1.807) is 13.8 Å². The van der Waals surface area contributed by atoms with Gasteiger partial charge in [0.05, 0.1) is 5.75 Å². The second-order valence-corrected chi connectivity index (χ2v) is 7.67. The van der Waals surface area contributed by atoms with Gasteiger partial charge in [-0.25, -0.2) is 0 Å². The number of thioether (sulfide) groups is 1. The smallest absolute Gasteiger partial charge is 0.242 e. The molecule has 0 aliphatic heterocycles. The molecule has 0 spiro atoms. The average Bonchev–Trinajstić information content (AvgIpc) is 3.17. The Bertz CT molecular complexity index is 991. The molecule has 7 nitrogen and oxygen atoms in total. The van der Waals surface area contributed by atoms with Gasteiger partial charge in [0.1, 0.15) is 5.54 Å². The van der Waals surface area contributed by atoms with E-state index < -0.39 is 11.4 Å². The molecule has 0 aliphatic carbocycles. The fourth-order valence-corrected chi connectivity index (χ4v) is 3.50. The lowest BCUT2D eigenvalue weighted by atomic mass is 9.98. The van der Waals surface area contributed by atoms with E-state index in [9.17, 15) is 9.59 Å². The number of hydrogen-bond donors (Lipinski definition) is 2. The SMILES string of the molecule is CC[C@@](C)(NC(=O)CSc1nnc(-c2ccccc2)n1-c1ccccc1)C(N)=O. The number of rotatable bonds is 8. The van der Waals surface area contributed by atoms with Crippen molar-refractivity contribution in [2.24, 2.45) is 5.73 Å². The Balaban J connectivity index is 1.86. The summed E-state index contributed by atoms with van der Waals surface area (Å²) < 4.78 is 1.92. The van der Waals surface area contributed by atoms with Crippen LogP contribution in [0.25, 0.3) is 17.1 Å². The highest BCUT2D eigenvalue weighted by Crippen LogP contribution is 2.27. The lowest BCUT2D eigenvalue weighted by Crippen LogP contribution is -2.55. The molecule has 8 heteroatoms. The van der Waals surface area contributed by atoms with E-state index in [0.717, 1.165) is 11.3 Å². The van der Waals surface area contributed by atoms with Crippen molar-refractivity contribution in [3.63, 3.8) is 0 Å². The van der Waals surface area contributed by atoms with Crippen LogP contribution in [0.5, 0.6) is 0 Å². The third-order valence-electron chi connectivity index (χ3n) is 4.68. The van der Waals surface area contributed by atoms with Gasteiger partial charge < -0.3 is 11.1 Å². The molecule has 29 heavy (non-hydrogen) atoms. The summed E-state index contributed by atoms with van der Waals surface area (Å²) in [6, 6.07) is 19.5. The number of amides is 2. The summed E-state index contributed by atoms with van der Waals surface area (Å²) in [4.78, 5) is 24.1. The van der Waals surface area contributed by atoms with E-state index in [-0.39, 0.29) is 11.7 Å². The minimum absolute atomic E-state index is 0.0859. The molecule has 2 amide bonds. The van der Waals surface area contributed by atoms with Gasteiger partial charge in [-0.1, -0.05) is 67.2 Å². The maximum absolute atomic E-state index is 12.4. The van der Waals surface area contributed by atoms with E-state index in [0.29, 0.717) is 17.4 Å². The van der Waals surface area contributed by atoms with Crippen LogP contribution < -0.4 is 11.1 Å². The van der Waals surface area contributed by atoms with Crippen LogP contribution in [-0.2, 0) is 9.59 Å². The molecule has 0 fully saturated rings. The molecule has 3 aromatic rings. The Labute approximate surface area is 173 Å². The minimum atomic E-state index is -1.07. The van der Waals surface area contributed by atoms with E-state index in [1.165, 1.54) is 11.8 Å². The topological polar surface area (TPSA) is 103 Å². The van der Waals surface area contributed by atoms with Crippen molar-refractivity contribution in [1.82, 2.24) is 20.1 Å². The summed E-state index contributed by atoms with van der Waals surface area (Å²) in [5.74, 6) is -0.0720. The van der Waals surface area contributed by atoms with Gasteiger partial charge in [0.15, 0.2) is 11.0 Å². The van der Waals surface area contributed by atoms with Crippen molar-refractivity contribution in [3.8, 4) is 17.1 Å². The molecule has 0 saturated heterocycles. The Morgan fingerprint density at radius 1 is 1.07 bits per heavy atom. The Hall–Kier alpha value is -3.13. The molecule has 2 aromatic carbocycles.